The molecule has 1 aliphatic heterocycles. The zero-order chi connectivity index (χ0) is 26.7. The Labute approximate surface area is 221 Å². The minimum Gasteiger partial charge on any atom is -0.384 e. The fourth-order valence-electron chi connectivity index (χ4n) is 4.34. The fourth-order valence-corrected chi connectivity index (χ4v) is 6.29. The summed E-state index contributed by atoms with van der Waals surface area (Å²) < 4.78 is 27.8. The van der Waals surface area contributed by atoms with Crippen LogP contribution in [0.5, 0.6) is 0 Å². The van der Waals surface area contributed by atoms with Crippen LogP contribution >= 0.6 is 11.6 Å². The van der Waals surface area contributed by atoms with E-state index in [0.29, 0.717) is 35.9 Å². The highest BCUT2D eigenvalue weighted by Crippen LogP contribution is 2.31. The number of piperazine rings is 1. The molecule has 0 bridgehead atoms. The van der Waals surface area contributed by atoms with Gasteiger partial charge in [0.25, 0.3) is 0 Å². The van der Waals surface area contributed by atoms with Crippen molar-refractivity contribution in [1.29, 1.82) is 5.41 Å². The standard InChI is InChI=1S/C25H31ClN6O4S/c1-16(29-23(33)15-24(34)30-19-5-2-17(3-6-19)25(27)28)18-4-9-22(21(26)14-18)37(35,36)32-12-10-31(11-13-32)20-7-8-20/h2-6,9,14,16,20H,7-8,10-13,15H2,1H3,(H3,27,28)(H,29,33)(H,30,34). The second-order valence-electron chi connectivity index (χ2n) is 9.37. The van der Waals surface area contributed by atoms with E-state index in [1.807, 2.05) is 0 Å². The number of rotatable bonds is 9. The molecule has 1 heterocycles. The number of amidine groups is 1. The van der Waals surface area contributed by atoms with Crippen molar-refractivity contribution >= 4 is 45.0 Å². The van der Waals surface area contributed by atoms with Gasteiger partial charge in [0.2, 0.25) is 21.8 Å². The summed E-state index contributed by atoms with van der Waals surface area (Å²) in [6.07, 6.45) is 1.98. The second-order valence-corrected chi connectivity index (χ2v) is 11.7. The zero-order valence-electron chi connectivity index (χ0n) is 20.5. The Morgan fingerprint density at radius 2 is 1.73 bits per heavy atom. The highest BCUT2D eigenvalue weighted by atomic mass is 35.5. The molecule has 2 amide bonds. The molecule has 2 aromatic carbocycles. The number of nitrogens with one attached hydrogen (secondary N) is 3. The summed E-state index contributed by atoms with van der Waals surface area (Å²) in [5.41, 5.74) is 7.04. The number of sulfonamides is 1. The lowest BCUT2D eigenvalue weighted by Crippen LogP contribution is -2.49. The van der Waals surface area contributed by atoms with Crippen molar-refractivity contribution in [1.82, 2.24) is 14.5 Å². The first-order chi connectivity index (χ1) is 17.5. The number of nitrogen functional groups attached to an aromatic ring is 1. The Kier molecular flexibility index (Phi) is 8.17. The average Bonchev–Trinajstić information content (AvgIpc) is 3.69. The van der Waals surface area contributed by atoms with Crippen molar-refractivity contribution < 1.29 is 18.0 Å². The Bertz CT molecular complexity index is 1290. The van der Waals surface area contributed by atoms with E-state index in [9.17, 15) is 18.0 Å². The number of carbonyl (C=O) groups excluding carboxylic acids is 2. The van der Waals surface area contributed by atoms with Crippen LogP contribution in [0.25, 0.3) is 0 Å². The Balaban J connectivity index is 1.32. The number of nitrogens with two attached hydrogens (primary N) is 1. The summed E-state index contributed by atoms with van der Waals surface area (Å²) in [7, 11) is -3.72. The highest BCUT2D eigenvalue weighted by molar-refractivity contribution is 7.89. The van der Waals surface area contributed by atoms with Gasteiger partial charge in [-0.25, -0.2) is 8.42 Å². The van der Waals surface area contributed by atoms with Gasteiger partial charge in [-0.1, -0.05) is 17.7 Å². The van der Waals surface area contributed by atoms with Gasteiger partial charge in [0, 0.05) is 43.5 Å². The van der Waals surface area contributed by atoms with Gasteiger partial charge in [0.05, 0.1) is 11.1 Å². The smallest absolute Gasteiger partial charge is 0.244 e. The molecule has 2 fully saturated rings. The summed E-state index contributed by atoms with van der Waals surface area (Å²) in [4.78, 5) is 27.0. The molecule has 2 aliphatic rings. The van der Waals surface area contributed by atoms with Crippen molar-refractivity contribution in [2.24, 2.45) is 5.73 Å². The molecule has 198 valence electrons. The third-order valence-corrected chi connectivity index (χ3v) is 8.97. The summed E-state index contributed by atoms with van der Waals surface area (Å²) in [6, 6.07) is 11.1. The molecule has 2 aromatic rings. The lowest BCUT2D eigenvalue weighted by atomic mass is 10.1. The second kappa shape index (κ2) is 11.2. The molecule has 1 unspecified atom stereocenters. The summed E-state index contributed by atoms with van der Waals surface area (Å²) in [6.45, 7) is 4.05. The van der Waals surface area contributed by atoms with E-state index in [-0.39, 0.29) is 15.8 Å². The van der Waals surface area contributed by atoms with Crippen LogP contribution in [0.4, 0.5) is 5.69 Å². The minimum atomic E-state index is -3.72. The van der Waals surface area contributed by atoms with Crippen LogP contribution in [0.2, 0.25) is 5.02 Å². The maximum atomic E-state index is 13.2. The topological polar surface area (TPSA) is 149 Å². The number of hydrogen-bond donors (Lipinski definition) is 4. The molecule has 0 aromatic heterocycles. The first-order valence-electron chi connectivity index (χ1n) is 12.1. The summed E-state index contributed by atoms with van der Waals surface area (Å²) >= 11 is 6.39. The molecular formula is C25H31ClN6O4S. The number of hydrogen-bond acceptors (Lipinski definition) is 6. The summed E-state index contributed by atoms with van der Waals surface area (Å²) in [5, 5.41) is 12.8. The van der Waals surface area contributed by atoms with E-state index in [1.54, 1.807) is 37.3 Å². The van der Waals surface area contributed by atoms with Gasteiger partial charge < -0.3 is 16.4 Å². The Morgan fingerprint density at radius 3 is 2.30 bits per heavy atom. The lowest BCUT2D eigenvalue weighted by molar-refractivity contribution is -0.127. The van der Waals surface area contributed by atoms with Crippen LogP contribution in [0.15, 0.2) is 47.4 Å². The van der Waals surface area contributed by atoms with Crippen molar-refractivity contribution in [3.05, 3.63) is 58.6 Å². The first kappa shape index (κ1) is 27.1. The molecule has 12 heteroatoms. The van der Waals surface area contributed by atoms with Crippen LogP contribution in [0.3, 0.4) is 0 Å². The van der Waals surface area contributed by atoms with E-state index in [4.69, 9.17) is 22.7 Å². The van der Waals surface area contributed by atoms with Crippen LogP contribution in [-0.2, 0) is 19.6 Å². The number of nitrogens with zero attached hydrogens (tertiary/aromatic N) is 2. The zero-order valence-corrected chi connectivity index (χ0v) is 22.1. The van der Waals surface area contributed by atoms with Crippen molar-refractivity contribution in [3.63, 3.8) is 0 Å². The summed E-state index contributed by atoms with van der Waals surface area (Å²) in [5.74, 6) is -1.07. The molecular weight excluding hydrogens is 516 g/mol. The molecule has 1 saturated heterocycles. The highest BCUT2D eigenvalue weighted by Gasteiger charge is 2.35. The molecule has 1 saturated carbocycles. The van der Waals surface area contributed by atoms with Crippen LogP contribution in [0.1, 0.15) is 43.4 Å². The van der Waals surface area contributed by atoms with E-state index in [0.717, 1.165) is 13.1 Å². The van der Waals surface area contributed by atoms with Gasteiger partial charge in [-0.15, -0.1) is 0 Å². The minimum absolute atomic E-state index is 0.0477. The normalized spacial score (nSPS) is 17.7. The molecule has 1 atom stereocenters. The van der Waals surface area contributed by atoms with Gasteiger partial charge in [0.1, 0.15) is 17.2 Å². The number of anilines is 1. The molecule has 0 radical (unpaired) electrons. The first-order valence-corrected chi connectivity index (χ1v) is 13.9. The van der Waals surface area contributed by atoms with Crippen LogP contribution < -0.4 is 16.4 Å². The van der Waals surface area contributed by atoms with Gasteiger partial charge >= 0.3 is 0 Å². The van der Waals surface area contributed by atoms with Gasteiger partial charge in [0.15, 0.2) is 0 Å². The average molecular weight is 547 g/mol. The van der Waals surface area contributed by atoms with Crippen LogP contribution in [0, 0.1) is 5.41 Å². The number of halogens is 1. The monoisotopic (exact) mass is 546 g/mol. The molecule has 4 rings (SSSR count). The largest absolute Gasteiger partial charge is 0.384 e. The van der Waals surface area contributed by atoms with E-state index in [2.05, 4.69) is 15.5 Å². The Hall–Kier alpha value is -2.99. The van der Waals surface area contributed by atoms with E-state index in [1.165, 1.54) is 29.3 Å². The third-order valence-electron chi connectivity index (χ3n) is 6.59. The lowest BCUT2D eigenvalue weighted by Gasteiger charge is -2.34. The fraction of sp³-hybridized carbons (Fsp3) is 0.400. The molecule has 1 aliphatic carbocycles. The molecule has 5 N–H and O–H groups in total. The third kappa shape index (κ3) is 6.67. The molecule has 0 spiro atoms. The van der Waals surface area contributed by atoms with Crippen molar-refractivity contribution in [3.8, 4) is 0 Å². The van der Waals surface area contributed by atoms with Crippen LogP contribution in [-0.4, -0.2) is 67.5 Å². The van der Waals surface area contributed by atoms with Gasteiger partial charge in [-0.2, -0.15) is 4.31 Å². The quantitative estimate of drug-likeness (QED) is 0.215. The van der Waals surface area contributed by atoms with Crippen molar-refractivity contribution in [2.75, 3.05) is 31.5 Å². The van der Waals surface area contributed by atoms with E-state index < -0.39 is 34.3 Å². The SMILES string of the molecule is CC(NC(=O)CC(=O)Nc1ccc(C(=N)N)cc1)c1ccc(S(=O)(=O)N2CCN(C3CC3)CC2)c(Cl)c1. The predicted molar refractivity (Wildman–Crippen MR) is 142 cm³/mol. The predicted octanol–water partition coefficient (Wildman–Crippen LogP) is 2.30. The van der Waals surface area contributed by atoms with Gasteiger partial charge in [-0.05, 0) is 61.7 Å². The molecule has 37 heavy (non-hydrogen) atoms. The maximum Gasteiger partial charge on any atom is 0.244 e. The number of amides is 2. The Morgan fingerprint density at radius 1 is 1.08 bits per heavy atom. The number of carbonyl (C=O) groups is 2. The van der Waals surface area contributed by atoms with Crippen molar-refractivity contribution in [2.45, 2.75) is 43.2 Å². The number of benzene rings is 2. The molecule has 10 nitrogen and oxygen atoms in total. The van der Waals surface area contributed by atoms with E-state index >= 15 is 0 Å². The maximum absolute atomic E-state index is 13.2. The van der Waals surface area contributed by atoms with Gasteiger partial charge in [-0.3, -0.25) is 19.9 Å².